The van der Waals surface area contributed by atoms with Crippen LogP contribution in [-0.2, 0) is 0 Å². The number of carbonyl (C=O) groups is 3. The summed E-state index contributed by atoms with van der Waals surface area (Å²) in [5.74, 6) is -0.219. The second kappa shape index (κ2) is 7.22. The smallest absolute Gasteiger partial charge is 0.323 e. The van der Waals surface area contributed by atoms with Crippen molar-refractivity contribution >= 4 is 29.1 Å². The van der Waals surface area contributed by atoms with Crippen LogP contribution < -0.4 is 16.0 Å². The first kappa shape index (κ1) is 16.2. The molecule has 6 heteroatoms. The van der Waals surface area contributed by atoms with Gasteiger partial charge in [0.25, 0.3) is 5.91 Å². The number of rotatable bonds is 4. The van der Waals surface area contributed by atoms with E-state index in [1.807, 2.05) is 0 Å². The molecule has 0 spiro atoms. The number of ketones is 1. The number of amides is 3. The van der Waals surface area contributed by atoms with Crippen molar-refractivity contribution in [1.29, 1.82) is 0 Å². The van der Waals surface area contributed by atoms with Crippen molar-refractivity contribution in [3.8, 4) is 0 Å². The summed E-state index contributed by atoms with van der Waals surface area (Å²) in [6, 6.07) is 12.7. The number of hydrogen-bond donors (Lipinski definition) is 3. The molecule has 0 aliphatic rings. The lowest BCUT2D eigenvalue weighted by Crippen LogP contribution is -2.20. The van der Waals surface area contributed by atoms with Crippen LogP contribution in [0.25, 0.3) is 0 Å². The quantitative estimate of drug-likeness (QED) is 0.759. The van der Waals surface area contributed by atoms with Gasteiger partial charge < -0.3 is 16.0 Å². The van der Waals surface area contributed by atoms with Gasteiger partial charge in [-0.3, -0.25) is 9.59 Å². The molecule has 0 aromatic heterocycles. The molecule has 0 aliphatic carbocycles. The number of Topliss-reactive ketones (excluding diaryl/α,β-unsaturated/α-hetero) is 1. The van der Waals surface area contributed by atoms with Crippen molar-refractivity contribution in [3.63, 3.8) is 0 Å². The molecule has 118 valence electrons. The molecule has 3 N–H and O–H groups in total. The van der Waals surface area contributed by atoms with Gasteiger partial charge in [-0.2, -0.15) is 0 Å². The molecule has 2 aromatic rings. The molecule has 3 amide bonds. The topological polar surface area (TPSA) is 87.3 Å². The molecule has 2 aromatic carbocycles. The number of benzene rings is 2. The lowest BCUT2D eigenvalue weighted by atomic mass is 10.1. The van der Waals surface area contributed by atoms with Crippen molar-refractivity contribution in [2.45, 2.75) is 6.92 Å². The number of hydrogen-bond acceptors (Lipinski definition) is 3. The molecular formula is C17H17N3O3. The first-order valence-electron chi connectivity index (χ1n) is 7.01. The zero-order chi connectivity index (χ0) is 16.8. The standard InChI is InChI=1S/C17H17N3O3/c1-11(21)12-3-7-14(8-4-12)19-17(23)20-15-9-5-13(6-10-15)16(22)18-2/h3-10H,1-2H3,(H,18,22)(H2,19,20,23). The Hall–Kier alpha value is -3.15. The minimum absolute atomic E-state index is 0.0304. The largest absolute Gasteiger partial charge is 0.355 e. The van der Waals surface area contributed by atoms with Gasteiger partial charge >= 0.3 is 6.03 Å². The Balaban J connectivity index is 1.96. The fourth-order valence-corrected chi connectivity index (χ4v) is 1.93. The molecule has 0 saturated heterocycles. The zero-order valence-electron chi connectivity index (χ0n) is 12.8. The van der Waals surface area contributed by atoms with Crippen molar-refractivity contribution in [2.24, 2.45) is 0 Å². The van der Waals surface area contributed by atoms with E-state index in [2.05, 4.69) is 16.0 Å². The highest BCUT2D eigenvalue weighted by atomic mass is 16.2. The zero-order valence-corrected chi connectivity index (χ0v) is 12.8. The average molecular weight is 311 g/mol. The predicted octanol–water partition coefficient (Wildman–Crippen LogP) is 2.89. The highest BCUT2D eigenvalue weighted by Gasteiger charge is 2.06. The first-order valence-corrected chi connectivity index (χ1v) is 7.01. The maximum Gasteiger partial charge on any atom is 0.323 e. The van der Waals surface area contributed by atoms with Crippen LogP contribution in [0.15, 0.2) is 48.5 Å². The van der Waals surface area contributed by atoms with E-state index in [9.17, 15) is 14.4 Å². The van der Waals surface area contributed by atoms with E-state index in [1.54, 1.807) is 55.6 Å². The van der Waals surface area contributed by atoms with Gasteiger partial charge in [-0.1, -0.05) is 0 Å². The fraction of sp³-hybridized carbons (Fsp3) is 0.118. The maximum atomic E-state index is 11.9. The van der Waals surface area contributed by atoms with Crippen molar-refractivity contribution in [2.75, 3.05) is 17.7 Å². The molecule has 2 rings (SSSR count). The van der Waals surface area contributed by atoms with E-state index in [-0.39, 0.29) is 11.7 Å². The van der Waals surface area contributed by atoms with Crippen LogP contribution in [0.4, 0.5) is 16.2 Å². The summed E-state index contributed by atoms with van der Waals surface area (Å²) in [6.45, 7) is 1.48. The first-order chi connectivity index (χ1) is 11.0. The third-order valence-corrected chi connectivity index (χ3v) is 3.18. The second-order valence-electron chi connectivity index (χ2n) is 4.87. The van der Waals surface area contributed by atoms with Crippen molar-refractivity contribution in [1.82, 2.24) is 5.32 Å². The SMILES string of the molecule is CNC(=O)c1ccc(NC(=O)Nc2ccc(C(C)=O)cc2)cc1. The number of nitrogens with one attached hydrogen (secondary N) is 3. The van der Waals surface area contributed by atoms with E-state index in [1.165, 1.54) is 6.92 Å². The molecule has 6 nitrogen and oxygen atoms in total. The van der Waals surface area contributed by atoms with Crippen LogP contribution in [0.2, 0.25) is 0 Å². The van der Waals surface area contributed by atoms with E-state index >= 15 is 0 Å². The highest BCUT2D eigenvalue weighted by molar-refractivity contribution is 6.01. The summed E-state index contributed by atoms with van der Waals surface area (Å²) in [5, 5.41) is 7.85. The van der Waals surface area contributed by atoms with Gasteiger partial charge in [-0.25, -0.2) is 4.79 Å². The molecule has 0 heterocycles. The Kier molecular flexibility index (Phi) is 5.09. The normalized spacial score (nSPS) is 9.83. The number of anilines is 2. The monoisotopic (exact) mass is 311 g/mol. The van der Waals surface area contributed by atoms with Crippen LogP contribution in [-0.4, -0.2) is 24.8 Å². The molecule has 23 heavy (non-hydrogen) atoms. The Bertz CT molecular complexity index is 722. The Morgan fingerprint density at radius 1 is 0.739 bits per heavy atom. The summed E-state index contributed by atoms with van der Waals surface area (Å²) in [7, 11) is 1.55. The third-order valence-electron chi connectivity index (χ3n) is 3.18. The molecular weight excluding hydrogens is 294 g/mol. The van der Waals surface area contributed by atoms with Crippen LogP contribution in [0.1, 0.15) is 27.6 Å². The van der Waals surface area contributed by atoms with Crippen LogP contribution in [0.3, 0.4) is 0 Å². The van der Waals surface area contributed by atoms with Gasteiger partial charge in [0.2, 0.25) is 0 Å². The van der Waals surface area contributed by atoms with Gasteiger partial charge in [-0.05, 0) is 55.5 Å². The summed E-state index contributed by atoms with van der Waals surface area (Å²) in [5.41, 5.74) is 2.24. The van der Waals surface area contributed by atoms with E-state index in [4.69, 9.17) is 0 Å². The number of urea groups is 1. The average Bonchev–Trinajstić information content (AvgIpc) is 2.55. The third kappa shape index (κ3) is 4.41. The summed E-state index contributed by atoms with van der Waals surface area (Å²) >= 11 is 0. The van der Waals surface area contributed by atoms with Gasteiger partial charge in [0.1, 0.15) is 0 Å². The number of carbonyl (C=O) groups excluding carboxylic acids is 3. The van der Waals surface area contributed by atoms with E-state index in [0.717, 1.165) is 0 Å². The van der Waals surface area contributed by atoms with Gasteiger partial charge in [-0.15, -0.1) is 0 Å². The Labute approximate surface area is 133 Å². The summed E-state index contributed by atoms with van der Waals surface area (Å²) < 4.78 is 0. The van der Waals surface area contributed by atoms with E-state index < -0.39 is 6.03 Å². The molecule has 0 radical (unpaired) electrons. The van der Waals surface area contributed by atoms with Gasteiger partial charge in [0.15, 0.2) is 5.78 Å². The summed E-state index contributed by atoms with van der Waals surface area (Å²) in [6.07, 6.45) is 0. The minimum atomic E-state index is -0.409. The second-order valence-corrected chi connectivity index (χ2v) is 4.87. The van der Waals surface area contributed by atoms with E-state index in [0.29, 0.717) is 22.5 Å². The van der Waals surface area contributed by atoms with Gasteiger partial charge in [0, 0.05) is 29.5 Å². The van der Waals surface area contributed by atoms with Crippen molar-refractivity contribution < 1.29 is 14.4 Å². The fourth-order valence-electron chi connectivity index (χ4n) is 1.93. The van der Waals surface area contributed by atoms with Crippen LogP contribution in [0, 0.1) is 0 Å². The summed E-state index contributed by atoms with van der Waals surface area (Å²) in [4.78, 5) is 34.5. The van der Waals surface area contributed by atoms with Crippen molar-refractivity contribution in [3.05, 3.63) is 59.7 Å². The maximum absolute atomic E-state index is 11.9. The molecule has 0 fully saturated rings. The molecule has 0 saturated carbocycles. The van der Waals surface area contributed by atoms with Gasteiger partial charge in [0.05, 0.1) is 0 Å². The lowest BCUT2D eigenvalue weighted by molar-refractivity contribution is 0.0962. The predicted molar refractivity (Wildman–Crippen MR) is 88.9 cm³/mol. The Morgan fingerprint density at radius 2 is 1.17 bits per heavy atom. The molecule has 0 bridgehead atoms. The van der Waals surface area contributed by atoms with Crippen LogP contribution in [0.5, 0.6) is 0 Å². The molecule has 0 unspecified atom stereocenters. The molecule has 0 aliphatic heterocycles. The molecule has 0 atom stereocenters. The highest BCUT2D eigenvalue weighted by Crippen LogP contribution is 2.12. The Morgan fingerprint density at radius 3 is 1.57 bits per heavy atom. The minimum Gasteiger partial charge on any atom is -0.355 e. The van der Waals surface area contributed by atoms with Crippen LogP contribution >= 0.6 is 0 Å². The lowest BCUT2D eigenvalue weighted by Gasteiger charge is -2.08.